The molecule has 6 rings (SSSR count). The first-order chi connectivity index (χ1) is 31.6. The van der Waals surface area contributed by atoms with E-state index in [0.29, 0.717) is 41.7 Å². The number of aromatic amines is 1. The van der Waals surface area contributed by atoms with Crippen molar-refractivity contribution < 1.29 is 51.6 Å². The van der Waals surface area contributed by atoms with Crippen LogP contribution in [0.5, 0.6) is 5.75 Å². The predicted octanol–water partition coefficient (Wildman–Crippen LogP) is 6.41. The normalized spacial score (nSPS) is 16.2. The summed E-state index contributed by atoms with van der Waals surface area (Å²) in [5, 5.41) is 19.3. The lowest BCUT2D eigenvalue weighted by Crippen LogP contribution is -2.53. The van der Waals surface area contributed by atoms with Gasteiger partial charge >= 0.3 is 12.1 Å². The summed E-state index contributed by atoms with van der Waals surface area (Å²) in [6, 6.07) is 29.3. The number of carbonyl (C=O) groups is 4. The molecule has 0 radical (unpaired) electrons. The van der Waals surface area contributed by atoms with Gasteiger partial charge in [0.15, 0.2) is 0 Å². The minimum absolute atomic E-state index is 0.0417. The van der Waals surface area contributed by atoms with E-state index in [-0.39, 0.29) is 45.3 Å². The van der Waals surface area contributed by atoms with E-state index in [1.165, 1.54) is 7.11 Å². The predicted molar refractivity (Wildman–Crippen MR) is 251 cm³/mol. The van der Waals surface area contributed by atoms with Gasteiger partial charge in [-0.3, -0.25) is 14.2 Å². The molecule has 16 nitrogen and oxygen atoms in total. The standard InChI is InChI=1S/C48H58N5O11PS/c1-63-37-24-22-35(23-25-37)42(34-17-7-4-8-18-34)44(52-43(54)40(53-66(2,61)62)21-11-14-28-49-47(58)64-31-33-15-5-3-6-16-33)65(59,60)32-48(26-12-13-27-48)46(57)51-41(45(55)56)29-36-30-50-39-20-10-9-19-38(36)39/h3-10,15-20,22-25,30,40-42,44,50,53H,11-14,21,26-29,31-32H2,1-2H3,(H,49,58)(H,51,57)(H,52,54)(H,55,56)(H,59,60)/t40-,41-,42-,44-/m0/s1. The highest BCUT2D eigenvalue weighted by atomic mass is 32.2. The monoisotopic (exact) mass is 943 g/mol. The van der Waals surface area contributed by atoms with Gasteiger partial charge in [-0.05, 0) is 72.6 Å². The quantitative estimate of drug-likeness (QED) is 0.0279. The largest absolute Gasteiger partial charge is 0.497 e. The Morgan fingerprint density at radius 1 is 0.833 bits per heavy atom. The number of H-pyrrole nitrogens is 1. The summed E-state index contributed by atoms with van der Waals surface area (Å²) in [5.41, 5.74) is 1.88. The number of amides is 3. The van der Waals surface area contributed by atoms with Crippen LogP contribution >= 0.6 is 7.37 Å². The number of ether oxygens (including phenoxy) is 2. The molecule has 1 saturated carbocycles. The minimum atomic E-state index is -4.77. The molecule has 7 N–H and O–H groups in total. The summed E-state index contributed by atoms with van der Waals surface area (Å²) in [6.07, 6.45) is 3.30. The Bertz CT molecular complexity index is 2590. The van der Waals surface area contributed by atoms with E-state index >= 15 is 4.57 Å². The second-order valence-corrected chi connectivity index (χ2v) is 21.0. The Morgan fingerprint density at radius 3 is 2.12 bits per heavy atom. The number of unbranched alkanes of at least 4 members (excludes halogenated alkanes) is 1. The van der Waals surface area contributed by atoms with Crippen LogP contribution < -0.4 is 25.4 Å². The molecule has 18 heteroatoms. The SMILES string of the molecule is COc1ccc([C@H](c2ccccc2)[C@@H](NC(=O)[C@H](CCCCNC(=O)OCc2ccccc2)NS(C)(=O)=O)P(=O)(O)CC2(C(=O)N[C@@H](Cc3c[nH]c4ccccc34)C(=O)O)CCCC2)cc1. The molecule has 0 saturated heterocycles. The molecule has 1 aliphatic carbocycles. The topological polar surface area (TPSA) is 242 Å². The number of carboxylic acids is 1. The van der Waals surface area contributed by atoms with E-state index in [9.17, 15) is 37.6 Å². The zero-order valence-electron chi connectivity index (χ0n) is 37.0. The van der Waals surface area contributed by atoms with Crippen molar-refractivity contribution in [2.24, 2.45) is 5.41 Å². The van der Waals surface area contributed by atoms with Crippen LogP contribution in [0.3, 0.4) is 0 Å². The van der Waals surface area contributed by atoms with E-state index in [1.54, 1.807) is 60.8 Å². The zero-order chi connectivity index (χ0) is 47.3. The van der Waals surface area contributed by atoms with Gasteiger partial charge in [0, 0.05) is 42.1 Å². The molecule has 1 fully saturated rings. The van der Waals surface area contributed by atoms with Gasteiger partial charge in [-0.2, -0.15) is 0 Å². The van der Waals surface area contributed by atoms with Crippen LogP contribution in [0.4, 0.5) is 4.79 Å². The first-order valence-corrected chi connectivity index (χ1v) is 25.7. The minimum Gasteiger partial charge on any atom is -0.497 e. The molecule has 5 atom stereocenters. The molecule has 66 heavy (non-hydrogen) atoms. The molecule has 1 heterocycles. The molecule has 0 bridgehead atoms. The molecule has 1 unspecified atom stereocenters. The number of rotatable bonds is 23. The second-order valence-electron chi connectivity index (χ2n) is 16.9. The number of methoxy groups -OCH3 is 1. The van der Waals surface area contributed by atoms with Crippen molar-refractivity contribution in [3.63, 3.8) is 0 Å². The van der Waals surface area contributed by atoms with Gasteiger partial charge < -0.3 is 40.4 Å². The second kappa shape index (κ2) is 22.5. The Labute approximate surface area is 384 Å². The molecule has 352 valence electrons. The Hall–Kier alpha value is -6.00. The van der Waals surface area contributed by atoms with Gasteiger partial charge in [0.25, 0.3) is 0 Å². The first-order valence-electron chi connectivity index (χ1n) is 21.9. The van der Waals surface area contributed by atoms with Gasteiger partial charge in [-0.1, -0.05) is 104 Å². The molecule has 1 aromatic heterocycles. The number of carboxylic acid groups (broad SMARTS) is 1. The number of benzene rings is 4. The highest BCUT2D eigenvalue weighted by molar-refractivity contribution is 7.88. The summed E-state index contributed by atoms with van der Waals surface area (Å²) >= 11 is 0. The van der Waals surface area contributed by atoms with E-state index in [2.05, 4.69) is 25.7 Å². The van der Waals surface area contributed by atoms with Gasteiger partial charge in [0.1, 0.15) is 30.2 Å². The molecule has 4 aromatic carbocycles. The Kier molecular flexibility index (Phi) is 16.8. The number of sulfonamides is 1. The molecule has 0 aliphatic heterocycles. The maximum atomic E-state index is 15.5. The summed E-state index contributed by atoms with van der Waals surface area (Å²) in [5.74, 6) is -4.93. The third kappa shape index (κ3) is 13.3. The first kappa shape index (κ1) is 49.4. The van der Waals surface area contributed by atoms with Crippen molar-refractivity contribution >= 4 is 52.2 Å². The number of hydrogen-bond donors (Lipinski definition) is 7. The number of hydrogen-bond acceptors (Lipinski definition) is 9. The number of aromatic nitrogens is 1. The van der Waals surface area contributed by atoms with Crippen molar-refractivity contribution in [2.75, 3.05) is 26.1 Å². The van der Waals surface area contributed by atoms with E-state index in [1.807, 2.05) is 54.6 Å². The van der Waals surface area contributed by atoms with Gasteiger partial charge in [-0.15, -0.1) is 0 Å². The highest BCUT2D eigenvalue weighted by Crippen LogP contribution is 2.59. The van der Waals surface area contributed by atoms with Crippen LogP contribution in [0.25, 0.3) is 10.9 Å². The number of para-hydroxylation sites is 1. The van der Waals surface area contributed by atoms with Crippen LogP contribution in [0.1, 0.15) is 73.1 Å². The maximum Gasteiger partial charge on any atom is 0.407 e. The molecule has 1 aliphatic rings. The smallest absolute Gasteiger partial charge is 0.407 e. The van der Waals surface area contributed by atoms with E-state index in [0.717, 1.165) is 22.7 Å². The number of nitrogens with one attached hydrogen (secondary N) is 5. The average molecular weight is 944 g/mol. The lowest BCUT2D eigenvalue weighted by atomic mass is 9.87. The van der Waals surface area contributed by atoms with Gasteiger partial charge in [0.05, 0.1) is 18.8 Å². The van der Waals surface area contributed by atoms with Gasteiger partial charge in [0.2, 0.25) is 29.2 Å². The molecule has 5 aromatic rings. The third-order valence-corrected chi connectivity index (χ3v) is 15.1. The fraction of sp³-hybridized carbons (Fsp3) is 0.375. The molecular weight excluding hydrogens is 886 g/mol. The number of alkyl carbamates (subject to hydrolysis) is 1. The van der Waals surface area contributed by atoms with Gasteiger partial charge in [-0.25, -0.2) is 22.7 Å². The van der Waals surface area contributed by atoms with E-state index in [4.69, 9.17) is 9.47 Å². The van der Waals surface area contributed by atoms with Crippen LogP contribution in [0.2, 0.25) is 0 Å². The Morgan fingerprint density at radius 2 is 1.47 bits per heavy atom. The summed E-state index contributed by atoms with van der Waals surface area (Å²) < 4.78 is 54.0. The van der Waals surface area contributed by atoms with Crippen LogP contribution in [-0.2, 0) is 46.7 Å². The lowest BCUT2D eigenvalue weighted by molar-refractivity contribution is -0.143. The van der Waals surface area contributed by atoms with Crippen molar-refractivity contribution in [3.8, 4) is 5.75 Å². The molecular formula is C48H58N5O11PS. The van der Waals surface area contributed by atoms with Crippen LogP contribution in [-0.4, -0.2) is 91.2 Å². The molecule has 0 spiro atoms. The number of fused-ring (bicyclic) bond motifs is 1. The van der Waals surface area contributed by atoms with Crippen LogP contribution in [0.15, 0.2) is 115 Å². The fourth-order valence-electron chi connectivity index (χ4n) is 8.70. The van der Waals surface area contributed by atoms with Crippen molar-refractivity contribution in [1.82, 2.24) is 25.7 Å². The maximum absolute atomic E-state index is 15.5. The van der Waals surface area contributed by atoms with Crippen LogP contribution in [0, 0.1) is 5.41 Å². The number of carbonyl (C=O) groups excluding carboxylic acids is 3. The fourth-order valence-corrected chi connectivity index (χ4v) is 12.1. The highest BCUT2D eigenvalue weighted by Gasteiger charge is 2.51. The summed E-state index contributed by atoms with van der Waals surface area (Å²) in [4.78, 5) is 69.8. The lowest BCUT2D eigenvalue weighted by Gasteiger charge is -2.38. The van der Waals surface area contributed by atoms with E-state index < -0.39 is 76.6 Å². The molecule has 3 amide bonds. The van der Waals surface area contributed by atoms with Crippen molar-refractivity contribution in [2.45, 2.75) is 81.8 Å². The van der Waals surface area contributed by atoms with Crippen molar-refractivity contribution in [1.29, 1.82) is 0 Å². The zero-order valence-corrected chi connectivity index (χ0v) is 38.7. The number of aliphatic carboxylic acids is 1. The summed E-state index contributed by atoms with van der Waals surface area (Å²) in [7, 11) is -7.27. The Balaban J connectivity index is 1.27. The van der Waals surface area contributed by atoms with Crippen molar-refractivity contribution in [3.05, 3.63) is 138 Å². The third-order valence-electron chi connectivity index (χ3n) is 12.0. The average Bonchev–Trinajstić information content (AvgIpc) is 3.95. The summed E-state index contributed by atoms with van der Waals surface area (Å²) in [6.45, 7) is 0.238.